The van der Waals surface area contributed by atoms with E-state index >= 15 is 0 Å². The van der Waals surface area contributed by atoms with Gasteiger partial charge in [0, 0.05) is 24.7 Å². The Morgan fingerprint density at radius 1 is 1.32 bits per heavy atom. The van der Waals surface area contributed by atoms with Crippen molar-refractivity contribution in [3.05, 3.63) is 29.8 Å². The van der Waals surface area contributed by atoms with E-state index < -0.39 is 0 Å². The number of amides is 1. The van der Waals surface area contributed by atoms with Gasteiger partial charge in [-0.25, -0.2) is 0 Å². The molecule has 0 aromatic heterocycles. The van der Waals surface area contributed by atoms with Gasteiger partial charge in [0.15, 0.2) is 0 Å². The molecular weight excluding hydrogens is 240 g/mol. The molecule has 0 bridgehead atoms. The first-order chi connectivity index (χ1) is 9.15. The van der Waals surface area contributed by atoms with Crippen molar-refractivity contribution in [2.24, 2.45) is 0 Å². The molecule has 4 nitrogen and oxygen atoms in total. The van der Waals surface area contributed by atoms with Crippen LogP contribution in [0.3, 0.4) is 0 Å². The highest BCUT2D eigenvalue weighted by Crippen LogP contribution is 2.19. The van der Waals surface area contributed by atoms with Crippen LogP contribution in [-0.2, 0) is 0 Å². The second-order valence-electron chi connectivity index (χ2n) is 4.96. The number of benzene rings is 1. The molecule has 0 saturated carbocycles. The highest BCUT2D eigenvalue weighted by Gasteiger charge is 2.29. The number of nitrogens with zero attached hydrogens (tertiary/aromatic N) is 2. The fourth-order valence-electron chi connectivity index (χ4n) is 2.75. The van der Waals surface area contributed by atoms with Crippen molar-refractivity contribution in [3.63, 3.8) is 0 Å². The normalized spacial score (nSPS) is 19.1. The molecule has 0 spiro atoms. The first-order valence-corrected chi connectivity index (χ1v) is 6.98. The van der Waals surface area contributed by atoms with E-state index in [1.165, 1.54) is 0 Å². The molecule has 1 unspecified atom stereocenters. The Bertz CT molecular complexity index is 426. The molecule has 1 aromatic carbocycles. The zero-order chi connectivity index (χ0) is 13.8. The Kier molecular flexibility index (Phi) is 4.43. The maximum atomic E-state index is 12.3. The molecule has 1 aliphatic rings. The maximum absolute atomic E-state index is 12.3. The number of phenolic OH excluding ortho intramolecular Hbond substituents is 1. The summed E-state index contributed by atoms with van der Waals surface area (Å²) < 4.78 is 0. The van der Waals surface area contributed by atoms with E-state index in [1.54, 1.807) is 24.3 Å². The SMILES string of the molecule is CCN(CC)C1CCN(C(=O)c2ccc(O)cc2)C1. The van der Waals surface area contributed by atoms with Gasteiger partial charge in [0.2, 0.25) is 0 Å². The lowest BCUT2D eigenvalue weighted by molar-refractivity contribution is 0.0778. The molecule has 1 aromatic rings. The van der Waals surface area contributed by atoms with Crippen molar-refractivity contribution < 1.29 is 9.90 Å². The largest absolute Gasteiger partial charge is 0.508 e. The molecule has 1 aliphatic heterocycles. The van der Waals surface area contributed by atoms with Gasteiger partial charge < -0.3 is 10.0 Å². The van der Waals surface area contributed by atoms with E-state index in [9.17, 15) is 9.90 Å². The van der Waals surface area contributed by atoms with Gasteiger partial charge in [-0.15, -0.1) is 0 Å². The van der Waals surface area contributed by atoms with Crippen LogP contribution in [0.5, 0.6) is 5.75 Å². The second kappa shape index (κ2) is 6.06. The van der Waals surface area contributed by atoms with E-state index in [0.717, 1.165) is 32.6 Å². The smallest absolute Gasteiger partial charge is 0.253 e. The molecule has 104 valence electrons. The molecule has 1 amide bonds. The highest BCUT2D eigenvalue weighted by molar-refractivity contribution is 5.94. The van der Waals surface area contributed by atoms with Gasteiger partial charge in [-0.1, -0.05) is 13.8 Å². The van der Waals surface area contributed by atoms with Crippen LogP contribution in [0, 0.1) is 0 Å². The second-order valence-corrected chi connectivity index (χ2v) is 4.96. The number of rotatable bonds is 4. The number of likely N-dealkylation sites (N-methyl/N-ethyl adjacent to an activating group) is 1. The Balaban J connectivity index is 2.00. The summed E-state index contributed by atoms with van der Waals surface area (Å²) >= 11 is 0. The lowest BCUT2D eigenvalue weighted by atomic mass is 10.2. The lowest BCUT2D eigenvalue weighted by Gasteiger charge is -2.26. The third-order valence-corrected chi connectivity index (χ3v) is 3.89. The van der Waals surface area contributed by atoms with Gasteiger partial charge in [-0.3, -0.25) is 9.69 Å². The summed E-state index contributed by atoms with van der Waals surface area (Å²) in [5.74, 6) is 0.258. The fraction of sp³-hybridized carbons (Fsp3) is 0.533. The summed E-state index contributed by atoms with van der Waals surface area (Å²) in [4.78, 5) is 16.6. The lowest BCUT2D eigenvalue weighted by Crippen LogP contribution is -2.38. The molecule has 2 rings (SSSR count). The van der Waals surface area contributed by atoms with Crippen LogP contribution in [0.1, 0.15) is 30.6 Å². The van der Waals surface area contributed by atoms with E-state index in [1.807, 2.05) is 4.90 Å². The summed E-state index contributed by atoms with van der Waals surface area (Å²) in [5, 5.41) is 9.25. The van der Waals surface area contributed by atoms with E-state index in [2.05, 4.69) is 18.7 Å². The maximum Gasteiger partial charge on any atom is 0.253 e. The van der Waals surface area contributed by atoms with Crippen LogP contribution < -0.4 is 0 Å². The Morgan fingerprint density at radius 2 is 1.95 bits per heavy atom. The molecule has 1 atom stereocenters. The van der Waals surface area contributed by atoms with E-state index in [0.29, 0.717) is 11.6 Å². The van der Waals surface area contributed by atoms with E-state index in [4.69, 9.17) is 0 Å². The van der Waals surface area contributed by atoms with Crippen molar-refractivity contribution in [1.29, 1.82) is 0 Å². The Hall–Kier alpha value is -1.55. The van der Waals surface area contributed by atoms with Gasteiger partial charge in [-0.05, 0) is 43.8 Å². The van der Waals surface area contributed by atoms with Crippen molar-refractivity contribution in [2.75, 3.05) is 26.2 Å². The number of carbonyl (C=O) groups is 1. The van der Waals surface area contributed by atoms with Gasteiger partial charge >= 0.3 is 0 Å². The number of carbonyl (C=O) groups excluding carboxylic acids is 1. The molecule has 1 heterocycles. The molecule has 1 saturated heterocycles. The number of likely N-dealkylation sites (tertiary alicyclic amines) is 1. The predicted octanol–water partition coefficient (Wildman–Crippen LogP) is 1.95. The predicted molar refractivity (Wildman–Crippen MR) is 75.3 cm³/mol. The minimum Gasteiger partial charge on any atom is -0.508 e. The average Bonchev–Trinajstić information content (AvgIpc) is 2.90. The molecule has 1 N–H and O–H groups in total. The first kappa shape index (κ1) is 13.9. The number of aromatic hydroxyl groups is 1. The van der Waals surface area contributed by atoms with Crippen LogP contribution >= 0.6 is 0 Å². The summed E-state index contributed by atoms with van der Waals surface area (Å²) in [6.45, 7) is 8.01. The molecule has 19 heavy (non-hydrogen) atoms. The molecule has 4 heteroatoms. The molecule has 1 fully saturated rings. The Morgan fingerprint density at radius 3 is 2.53 bits per heavy atom. The number of hydrogen-bond donors (Lipinski definition) is 1. The van der Waals surface area contributed by atoms with Crippen molar-refractivity contribution in [1.82, 2.24) is 9.80 Å². The van der Waals surface area contributed by atoms with Crippen LogP contribution in [0.2, 0.25) is 0 Å². The minimum atomic E-state index is 0.0645. The van der Waals surface area contributed by atoms with Crippen LogP contribution in [0.4, 0.5) is 0 Å². The van der Waals surface area contributed by atoms with Crippen LogP contribution in [0.15, 0.2) is 24.3 Å². The molecule has 0 radical (unpaired) electrons. The van der Waals surface area contributed by atoms with Crippen LogP contribution in [-0.4, -0.2) is 53.0 Å². The first-order valence-electron chi connectivity index (χ1n) is 6.98. The highest BCUT2D eigenvalue weighted by atomic mass is 16.3. The van der Waals surface area contributed by atoms with Gasteiger partial charge in [0.1, 0.15) is 5.75 Å². The van der Waals surface area contributed by atoms with Gasteiger partial charge in [0.05, 0.1) is 0 Å². The van der Waals surface area contributed by atoms with Gasteiger partial charge in [0.25, 0.3) is 5.91 Å². The molecule has 0 aliphatic carbocycles. The monoisotopic (exact) mass is 262 g/mol. The number of hydrogen-bond acceptors (Lipinski definition) is 3. The third-order valence-electron chi connectivity index (χ3n) is 3.89. The van der Waals surface area contributed by atoms with Crippen molar-refractivity contribution >= 4 is 5.91 Å². The quantitative estimate of drug-likeness (QED) is 0.902. The van der Waals surface area contributed by atoms with E-state index in [-0.39, 0.29) is 11.7 Å². The standard InChI is InChI=1S/C15H22N2O2/c1-3-16(4-2)13-9-10-17(11-13)15(19)12-5-7-14(18)8-6-12/h5-8,13,18H,3-4,9-11H2,1-2H3. The topological polar surface area (TPSA) is 43.8 Å². The summed E-state index contributed by atoms with van der Waals surface area (Å²) in [6.07, 6.45) is 1.05. The average molecular weight is 262 g/mol. The minimum absolute atomic E-state index is 0.0645. The zero-order valence-electron chi connectivity index (χ0n) is 11.7. The third kappa shape index (κ3) is 3.07. The molecular formula is C15H22N2O2. The van der Waals surface area contributed by atoms with Crippen molar-refractivity contribution in [3.8, 4) is 5.75 Å². The Labute approximate surface area is 114 Å². The summed E-state index contributed by atoms with van der Waals surface area (Å²) in [7, 11) is 0. The van der Waals surface area contributed by atoms with Crippen LogP contribution in [0.25, 0.3) is 0 Å². The zero-order valence-corrected chi connectivity index (χ0v) is 11.7. The van der Waals surface area contributed by atoms with Crippen molar-refractivity contribution in [2.45, 2.75) is 26.3 Å². The summed E-state index contributed by atoms with van der Waals surface area (Å²) in [6, 6.07) is 6.97. The fourth-order valence-corrected chi connectivity index (χ4v) is 2.75. The van der Waals surface area contributed by atoms with Gasteiger partial charge in [-0.2, -0.15) is 0 Å². The summed E-state index contributed by atoms with van der Waals surface area (Å²) in [5.41, 5.74) is 0.651. The number of phenols is 1.